The fraction of sp³-hybridized carbons (Fsp3) is 0.467. The van der Waals surface area contributed by atoms with Gasteiger partial charge in [-0.25, -0.2) is 9.59 Å². The summed E-state index contributed by atoms with van der Waals surface area (Å²) in [7, 11) is 0. The van der Waals surface area contributed by atoms with E-state index >= 15 is 0 Å². The summed E-state index contributed by atoms with van der Waals surface area (Å²) in [5, 5.41) is 14.6. The first-order valence-electron chi connectivity index (χ1n) is 6.73. The molecule has 1 aromatic carbocycles. The molecule has 2 amide bonds. The minimum Gasteiger partial charge on any atom is -0.480 e. The van der Waals surface area contributed by atoms with Crippen LogP contribution in [0.15, 0.2) is 18.2 Å². The number of benzene rings is 1. The number of aliphatic carboxylic acids is 1. The molecule has 0 radical (unpaired) electrons. The molecule has 0 spiro atoms. The lowest BCUT2D eigenvalue weighted by Crippen LogP contribution is -2.55. The van der Waals surface area contributed by atoms with Crippen LogP contribution >= 0.6 is 0 Å². The van der Waals surface area contributed by atoms with Gasteiger partial charge in [-0.1, -0.05) is 12.1 Å². The molecule has 1 unspecified atom stereocenters. The van der Waals surface area contributed by atoms with Crippen molar-refractivity contribution in [2.75, 3.05) is 5.32 Å². The second-order valence-electron chi connectivity index (χ2n) is 5.68. The molecule has 1 aliphatic rings. The van der Waals surface area contributed by atoms with Gasteiger partial charge >= 0.3 is 12.0 Å². The standard InChI is InChI=1S/C15H20N2O3/c1-9-4-5-10(2)12(8-9)16-14(20)17-15(3,13(18)19)11-6-7-11/h4-5,8,11H,6-7H2,1-3H3,(H,18,19)(H2,16,17,20). The van der Waals surface area contributed by atoms with Gasteiger partial charge in [0.2, 0.25) is 0 Å². The Morgan fingerprint density at radius 3 is 2.50 bits per heavy atom. The van der Waals surface area contributed by atoms with E-state index in [1.807, 2.05) is 32.0 Å². The molecule has 5 heteroatoms. The number of anilines is 1. The first-order chi connectivity index (χ1) is 9.33. The quantitative estimate of drug-likeness (QED) is 0.791. The number of rotatable bonds is 4. The van der Waals surface area contributed by atoms with Crippen molar-refractivity contribution in [2.24, 2.45) is 5.92 Å². The maximum atomic E-state index is 12.0. The number of carbonyl (C=O) groups excluding carboxylic acids is 1. The molecular weight excluding hydrogens is 256 g/mol. The Morgan fingerprint density at radius 2 is 1.95 bits per heavy atom. The molecule has 20 heavy (non-hydrogen) atoms. The number of carboxylic acids is 1. The Bertz CT molecular complexity index is 552. The van der Waals surface area contributed by atoms with Crippen LogP contribution in [0.5, 0.6) is 0 Å². The van der Waals surface area contributed by atoms with E-state index in [-0.39, 0.29) is 5.92 Å². The van der Waals surface area contributed by atoms with E-state index in [4.69, 9.17) is 0 Å². The van der Waals surface area contributed by atoms with Crippen LogP contribution in [0.3, 0.4) is 0 Å². The van der Waals surface area contributed by atoms with Crippen molar-refractivity contribution >= 4 is 17.7 Å². The third-order valence-corrected chi connectivity index (χ3v) is 3.85. The summed E-state index contributed by atoms with van der Waals surface area (Å²) in [5.74, 6) is -0.972. The number of aryl methyl sites for hydroxylation is 2. The van der Waals surface area contributed by atoms with Crippen LogP contribution in [0.25, 0.3) is 0 Å². The summed E-state index contributed by atoms with van der Waals surface area (Å²) in [5.41, 5.74) is 1.48. The number of carboxylic acid groups (broad SMARTS) is 1. The van der Waals surface area contributed by atoms with E-state index in [9.17, 15) is 14.7 Å². The predicted molar refractivity (Wildman–Crippen MR) is 76.8 cm³/mol. The highest BCUT2D eigenvalue weighted by atomic mass is 16.4. The maximum absolute atomic E-state index is 12.0. The van der Waals surface area contributed by atoms with Crippen molar-refractivity contribution < 1.29 is 14.7 Å². The lowest BCUT2D eigenvalue weighted by atomic mass is 9.96. The molecule has 0 saturated heterocycles. The molecule has 1 atom stereocenters. The molecule has 0 bridgehead atoms. The number of amides is 2. The molecule has 1 aromatic rings. The van der Waals surface area contributed by atoms with Gasteiger partial charge in [0.25, 0.3) is 0 Å². The van der Waals surface area contributed by atoms with Crippen LogP contribution in [0.1, 0.15) is 30.9 Å². The Morgan fingerprint density at radius 1 is 1.30 bits per heavy atom. The lowest BCUT2D eigenvalue weighted by molar-refractivity contribution is -0.144. The zero-order valence-corrected chi connectivity index (χ0v) is 12.0. The monoisotopic (exact) mass is 276 g/mol. The molecule has 1 aliphatic carbocycles. The summed E-state index contributed by atoms with van der Waals surface area (Å²) in [4.78, 5) is 23.4. The average molecular weight is 276 g/mol. The lowest BCUT2D eigenvalue weighted by Gasteiger charge is -2.26. The van der Waals surface area contributed by atoms with Gasteiger partial charge in [0, 0.05) is 5.69 Å². The van der Waals surface area contributed by atoms with E-state index in [1.165, 1.54) is 0 Å². The van der Waals surface area contributed by atoms with Gasteiger partial charge in [0.05, 0.1) is 0 Å². The smallest absolute Gasteiger partial charge is 0.329 e. The highest BCUT2D eigenvalue weighted by Gasteiger charge is 2.48. The topological polar surface area (TPSA) is 78.4 Å². The average Bonchev–Trinajstić information content (AvgIpc) is 3.17. The fourth-order valence-corrected chi connectivity index (χ4v) is 2.25. The largest absolute Gasteiger partial charge is 0.480 e. The van der Waals surface area contributed by atoms with Crippen LogP contribution in [-0.2, 0) is 4.79 Å². The second kappa shape index (κ2) is 5.15. The number of carbonyl (C=O) groups is 2. The van der Waals surface area contributed by atoms with Crippen molar-refractivity contribution in [3.8, 4) is 0 Å². The summed E-state index contributed by atoms with van der Waals surface area (Å²) >= 11 is 0. The van der Waals surface area contributed by atoms with Crippen LogP contribution in [0.4, 0.5) is 10.5 Å². The third kappa shape index (κ3) is 2.92. The normalized spacial score (nSPS) is 17.1. The van der Waals surface area contributed by atoms with Crippen molar-refractivity contribution in [1.29, 1.82) is 0 Å². The molecule has 1 fully saturated rings. The summed E-state index contributed by atoms with van der Waals surface area (Å²) in [6.07, 6.45) is 1.68. The molecule has 1 saturated carbocycles. The Kier molecular flexibility index (Phi) is 3.70. The third-order valence-electron chi connectivity index (χ3n) is 3.85. The summed E-state index contributed by atoms with van der Waals surface area (Å²) in [6, 6.07) is 5.27. The maximum Gasteiger partial charge on any atom is 0.329 e. The van der Waals surface area contributed by atoms with Gasteiger partial charge in [0.15, 0.2) is 0 Å². The van der Waals surface area contributed by atoms with E-state index in [1.54, 1.807) is 6.92 Å². The number of urea groups is 1. The minimum atomic E-state index is -1.19. The van der Waals surface area contributed by atoms with Crippen molar-refractivity contribution in [2.45, 2.75) is 39.2 Å². The van der Waals surface area contributed by atoms with E-state index in [0.29, 0.717) is 5.69 Å². The molecule has 2 rings (SSSR count). The van der Waals surface area contributed by atoms with Crippen LogP contribution in [-0.4, -0.2) is 22.6 Å². The van der Waals surface area contributed by atoms with Crippen LogP contribution in [0, 0.1) is 19.8 Å². The molecule has 5 nitrogen and oxygen atoms in total. The van der Waals surface area contributed by atoms with Gasteiger partial charge in [-0.3, -0.25) is 0 Å². The Hall–Kier alpha value is -2.04. The van der Waals surface area contributed by atoms with Crippen molar-refractivity contribution in [1.82, 2.24) is 5.32 Å². The number of nitrogens with one attached hydrogen (secondary N) is 2. The Labute approximate surface area is 118 Å². The first kappa shape index (κ1) is 14.4. The van der Waals surface area contributed by atoms with Gasteiger partial charge in [-0.15, -0.1) is 0 Å². The van der Waals surface area contributed by atoms with Gasteiger partial charge in [-0.2, -0.15) is 0 Å². The molecule has 0 heterocycles. The molecule has 3 N–H and O–H groups in total. The van der Waals surface area contributed by atoms with E-state index in [2.05, 4.69) is 10.6 Å². The molecule has 108 valence electrons. The van der Waals surface area contributed by atoms with Crippen LogP contribution < -0.4 is 10.6 Å². The van der Waals surface area contributed by atoms with E-state index in [0.717, 1.165) is 24.0 Å². The van der Waals surface area contributed by atoms with Gasteiger partial charge < -0.3 is 15.7 Å². The zero-order chi connectivity index (χ0) is 14.9. The molecular formula is C15H20N2O3. The SMILES string of the molecule is Cc1ccc(C)c(NC(=O)NC(C)(C(=O)O)C2CC2)c1. The van der Waals surface area contributed by atoms with E-state index < -0.39 is 17.5 Å². The first-order valence-corrected chi connectivity index (χ1v) is 6.73. The summed E-state index contributed by atoms with van der Waals surface area (Å²) < 4.78 is 0. The summed E-state index contributed by atoms with van der Waals surface area (Å²) in [6.45, 7) is 5.40. The van der Waals surface area contributed by atoms with Gasteiger partial charge in [-0.05, 0) is 56.7 Å². The zero-order valence-electron chi connectivity index (χ0n) is 12.0. The predicted octanol–water partition coefficient (Wildman–Crippen LogP) is 2.68. The highest BCUT2D eigenvalue weighted by Crippen LogP contribution is 2.39. The van der Waals surface area contributed by atoms with Gasteiger partial charge in [0.1, 0.15) is 5.54 Å². The number of hydrogen-bond acceptors (Lipinski definition) is 2. The fourth-order valence-electron chi connectivity index (χ4n) is 2.25. The molecule has 0 aromatic heterocycles. The van der Waals surface area contributed by atoms with Crippen molar-refractivity contribution in [3.63, 3.8) is 0 Å². The molecule has 0 aliphatic heterocycles. The highest BCUT2D eigenvalue weighted by molar-refractivity contribution is 5.94. The second-order valence-corrected chi connectivity index (χ2v) is 5.68. The van der Waals surface area contributed by atoms with Crippen molar-refractivity contribution in [3.05, 3.63) is 29.3 Å². The Balaban J connectivity index is 2.08. The minimum absolute atomic E-state index is 0.0179. The van der Waals surface area contributed by atoms with Crippen LogP contribution in [0.2, 0.25) is 0 Å². The number of hydrogen-bond donors (Lipinski definition) is 3.